The first kappa shape index (κ1) is 16.6. The molecule has 1 saturated heterocycles. The Bertz CT molecular complexity index is 653. The van der Waals surface area contributed by atoms with Crippen LogP contribution < -0.4 is 0 Å². The summed E-state index contributed by atoms with van der Waals surface area (Å²) in [7, 11) is 1.87. The van der Waals surface area contributed by atoms with Gasteiger partial charge in [-0.2, -0.15) is 0 Å². The maximum absolute atomic E-state index is 12.2. The van der Waals surface area contributed by atoms with Gasteiger partial charge in [0.2, 0.25) is 17.7 Å². The molecular weight excluding hydrogens is 308 g/mol. The van der Waals surface area contributed by atoms with Gasteiger partial charge < -0.3 is 14.1 Å². The van der Waals surface area contributed by atoms with E-state index >= 15 is 0 Å². The van der Waals surface area contributed by atoms with Crippen LogP contribution in [-0.2, 0) is 22.5 Å². The number of hydrogen-bond acceptors (Lipinski definition) is 6. The summed E-state index contributed by atoms with van der Waals surface area (Å²) in [6, 6.07) is 9.99. The van der Waals surface area contributed by atoms with E-state index in [2.05, 4.69) is 10.2 Å². The number of ether oxygens (including phenoxy) is 1. The number of carbonyl (C=O) groups excluding carboxylic acids is 1. The van der Waals surface area contributed by atoms with Crippen molar-refractivity contribution in [1.29, 1.82) is 0 Å². The molecular formula is C17H22N4O3. The molecule has 1 amide bonds. The Morgan fingerprint density at radius 1 is 1.17 bits per heavy atom. The van der Waals surface area contributed by atoms with Gasteiger partial charge in [-0.3, -0.25) is 9.69 Å². The van der Waals surface area contributed by atoms with E-state index < -0.39 is 0 Å². The van der Waals surface area contributed by atoms with E-state index in [1.165, 1.54) is 0 Å². The number of benzene rings is 1. The lowest BCUT2D eigenvalue weighted by Crippen LogP contribution is -2.44. The van der Waals surface area contributed by atoms with Crippen LogP contribution in [0.3, 0.4) is 0 Å². The first-order valence-corrected chi connectivity index (χ1v) is 8.10. The van der Waals surface area contributed by atoms with Gasteiger partial charge in [-0.25, -0.2) is 0 Å². The molecule has 0 radical (unpaired) electrons. The quantitative estimate of drug-likeness (QED) is 0.785. The second-order valence-electron chi connectivity index (χ2n) is 5.92. The Balaban J connectivity index is 1.49. The summed E-state index contributed by atoms with van der Waals surface area (Å²) in [6.45, 7) is 3.33. The number of carbonyl (C=O) groups is 1. The van der Waals surface area contributed by atoms with Crippen molar-refractivity contribution in [2.24, 2.45) is 0 Å². The minimum absolute atomic E-state index is 0.102. The SMILES string of the molecule is CN(CC(=O)N1CCOCC1)Cc1nnc(Cc2ccccc2)o1. The van der Waals surface area contributed by atoms with E-state index in [0.717, 1.165) is 5.56 Å². The summed E-state index contributed by atoms with van der Waals surface area (Å²) in [5.74, 6) is 1.21. The van der Waals surface area contributed by atoms with Gasteiger partial charge in [0.15, 0.2) is 0 Å². The van der Waals surface area contributed by atoms with Gasteiger partial charge in [-0.1, -0.05) is 30.3 Å². The highest BCUT2D eigenvalue weighted by Gasteiger charge is 2.19. The van der Waals surface area contributed by atoms with Crippen molar-refractivity contribution in [1.82, 2.24) is 20.0 Å². The van der Waals surface area contributed by atoms with E-state index in [1.807, 2.05) is 47.2 Å². The van der Waals surface area contributed by atoms with Crippen LogP contribution in [0, 0.1) is 0 Å². The second-order valence-corrected chi connectivity index (χ2v) is 5.92. The fraction of sp³-hybridized carbons (Fsp3) is 0.471. The predicted molar refractivity (Wildman–Crippen MR) is 87.3 cm³/mol. The van der Waals surface area contributed by atoms with Gasteiger partial charge in [0.1, 0.15) is 0 Å². The molecule has 7 nitrogen and oxygen atoms in total. The van der Waals surface area contributed by atoms with Crippen LogP contribution >= 0.6 is 0 Å². The van der Waals surface area contributed by atoms with E-state index in [-0.39, 0.29) is 5.91 Å². The molecule has 24 heavy (non-hydrogen) atoms. The average molecular weight is 330 g/mol. The van der Waals surface area contributed by atoms with Gasteiger partial charge in [-0.05, 0) is 12.6 Å². The first-order chi connectivity index (χ1) is 11.7. The summed E-state index contributed by atoms with van der Waals surface area (Å²) < 4.78 is 10.9. The number of hydrogen-bond donors (Lipinski definition) is 0. The molecule has 0 saturated carbocycles. The molecule has 0 bridgehead atoms. The van der Waals surface area contributed by atoms with Gasteiger partial charge in [-0.15, -0.1) is 10.2 Å². The van der Waals surface area contributed by atoms with Crippen molar-refractivity contribution in [3.63, 3.8) is 0 Å². The number of morpholine rings is 1. The molecule has 1 fully saturated rings. The Labute approximate surface area is 141 Å². The second kappa shape index (κ2) is 8.03. The largest absolute Gasteiger partial charge is 0.424 e. The fourth-order valence-electron chi connectivity index (χ4n) is 2.62. The zero-order valence-corrected chi connectivity index (χ0v) is 13.9. The van der Waals surface area contributed by atoms with Gasteiger partial charge in [0.05, 0.1) is 32.7 Å². The van der Waals surface area contributed by atoms with Crippen LogP contribution in [0.25, 0.3) is 0 Å². The third-order valence-electron chi connectivity index (χ3n) is 3.88. The molecule has 0 spiro atoms. The predicted octanol–water partition coefficient (Wildman–Crippen LogP) is 0.951. The zero-order valence-electron chi connectivity index (χ0n) is 13.9. The number of nitrogens with zero attached hydrogens (tertiary/aromatic N) is 4. The molecule has 2 aromatic rings. The third kappa shape index (κ3) is 4.62. The van der Waals surface area contributed by atoms with Gasteiger partial charge >= 0.3 is 0 Å². The highest BCUT2D eigenvalue weighted by Crippen LogP contribution is 2.09. The highest BCUT2D eigenvalue weighted by atomic mass is 16.5. The third-order valence-corrected chi connectivity index (χ3v) is 3.88. The maximum atomic E-state index is 12.2. The van der Waals surface area contributed by atoms with Crippen molar-refractivity contribution in [2.45, 2.75) is 13.0 Å². The smallest absolute Gasteiger partial charge is 0.236 e. The summed E-state index contributed by atoms with van der Waals surface area (Å²) in [5, 5.41) is 8.15. The lowest BCUT2D eigenvalue weighted by Gasteiger charge is -2.28. The lowest BCUT2D eigenvalue weighted by atomic mass is 10.2. The molecule has 0 atom stereocenters. The van der Waals surface area contributed by atoms with Crippen LogP contribution in [0.4, 0.5) is 0 Å². The van der Waals surface area contributed by atoms with Crippen molar-refractivity contribution in [3.05, 3.63) is 47.7 Å². The average Bonchev–Trinajstić information content (AvgIpc) is 3.03. The molecule has 0 aliphatic carbocycles. The van der Waals surface area contributed by atoms with Crippen LogP contribution in [0.5, 0.6) is 0 Å². The summed E-state index contributed by atoms with van der Waals surface area (Å²) in [5.41, 5.74) is 1.13. The molecule has 2 heterocycles. The highest BCUT2D eigenvalue weighted by molar-refractivity contribution is 5.78. The number of rotatable bonds is 6. The standard InChI is InChI=1S/C17H22N4O3/c1-20(13-17(22)21-7-9-23-10-8-21)12-16-19-18-15(24-16)11-14-5-3-2-4-6-14/h2-6H,7-13H2,1H3. The molecule has 1 aromatic heterocycles. The number of likely N-dealkylation sites (N-methyl/N-ethyl adjacent to an activating group) is 1. The minimum Gasteiger partial charge on any atom is -0.424 e. The lowest BCUT2D eigenvalue weighted by molar-refractivity contribution is -0.136. The summed E-state index contributed by atoms with van der Waals surface area (Å²) in [6.07, 6.45) is 0.615. The van der Waals surface area contributed by atoms with E-state index in [9.17, 15) is 4.79 Å². The van der Waals surface area contributed by atoms with Crippen LogP contribution in [0.2, 0.25) is 0 Å². The molecule has 0 N–H and O–H groups in total. The van der Waals surface area contributed by atoms with Crippen LogP contribution in [0.1, 0.15) is 17.3 Å². The first-order valence-electron chi connectivity index (χ1n) is 8.10. The topological polar surface area (TPSA) is 71.7 Å². The molecule has 128 valence electrons. The van der Waals surface area contributed by atoms with Gasteiger partial charge in [0.25, 0.3) is 0 Å². The minimum atomic E-state index is 0.102. The Morgan fingerprint density at radius 2 is 1.88 bits per heavy atom. The summed E-state index contributed by atoms with van der Waals surface area (Å²) >= 11 is 0. The normalized spacial score (nSPS) is 15.0. The van der Waals surface area contributed by atoms with Crippen molar-refractivity contribution in [2.75, 3.05) is 39.9 Å². The fourth-order valence-corrected chi connectivity index (χ4v) is 2.62. The van der Waals surface area contributed by atoms with E-state index in [0.29, 0.717) is 57.6 Å². The Kier molecular flexibility index (Phi) is 5.55. The maximum Gasteiger partial charge on any atom is 0.236 e. The molecule has 0 unspecified atom stereocenters. The van der Waals surface area contributed by atoms with E-state index in [4.69, 9.17) is 9.15 Å². The van der Waals surface area contributed by atoms with Crippen LogP contribution in [0.15, 0.2) is 34.7 Å². The summed E-state index contributed by atoms with van der Waals surface area (Å²) in [4.78, 5) is 15.9. The molecule has 1 aliphatic heterocycles. The molecule has 1 aromatic carbocycles. The van der Waals surface area contributed by atoms with Gasteiger partial charge in [0, 0.05) is 13.1 Å². The number of aromatic nitrogens is 2. The van der Waals surface area contributed by atoms with Crippen molar-refractivity contribution >= 4 is 5.91 Å². The van der Waals surface area contributed by atoms with Crippen LogP contribution in [-0.4, -0.2) is 65.8 Å². The van der Waals surface area contributed by atoms with Crippen molar-refractivity contribution in [3.8, 4) is 0 Å². The Hall–Kier alpha value is -2.25. The monoisotopic (exact) mass is 330 g/mol. The van der Waals surface area contributed by atoms with E-state index in [1.54, 1.807) is 0 Å². The zero-order chi connectivity index (χ0) is 16.8. The molecule has 3 rings (SSSR count). The number of amides is 1. The molecule has 1 aliphatic rings. The van der Waals surface area contributed by atoms with Crippen molar-refractivity contribution < 1.29 is 13.9 Å². The Morgan fingerprint density at radius 3 is 2.62 bits per heavy atom. The molecule has 7 heteroatoms.